The van der Waals surface area contributed by atoms with E-state index in [4.69, 9.17) is 9.47 Å². The van der Waals surface area contributed by atoms with Gasteiger partial charge in [-0.2, -0.15) is 0 Å². The van der Waals surface area contributed by atoms with Gasteiger partial charge in [-0.15, -0.1) is 0 Å². The van der Waals surface area contributed by atoms with Crippen LogP contribution in [0.25, 0.3) is 0 Å². The largest absolute Gasteiger partial charge is 0.497 e. The van der Waals surface area contributed by atoms with Crippen LogP contribution in [0.2, 0.25) is 0 Å². The number of aryl methyl sites for hydroxylation is 1. The Morgan fingerprint density at radius 3 is 2.19 bits per heavy atom. The van der Waals surface area contributed by atoms with Crippen LogP contribution in [0, 0.1) is 6.92 Å². The second kappa shape index (κ2) is 14.4. The second-order valence-corrected chi connectivity index (χ2v) is 12.7. The van der Waals surface area contributed by atoms with Crippen molar-refractivity contribution < 1.29 is 27.5 Å². The maximum Gasteiger partial charge on any atom is 0.264 e. The Hall–Kier alpha value is -4.05. The van der Waals surface area contributed by atoms with E-state index in [0.29, 0.717) is 11.5 Å². The van der Waals surface area contributed by atoms with Gasteiger partial charge in [-0.25, -0.2) is 8.42 Å². The van der Waals surface area contributed by atoms with E-state index >= 15 is 0 Å². The molecule has 1 saturated carbocycles. The summed E-state index contributed by atoms with van der Waals surface area (Å²) >= 11 is 0. The molecule has 10 heteroatoms. The third-order valence-electron chi connectivity index (χ3n) is 7.87. The van der Waals surface area contributed by atoms with Crippen molar-refractivity contribution in [1.29, 1.82) is 0 Å². The number of para-hydroxylation sites is 2. The first kappa shape index (κ1) is 31.9. The first-order valence-electron chi connectivity index (χ1n) is 14.6. The van der Waals surface area contributed by atoms with Crippen molar-refractivity contribution in [2.75, 3.05) is 25.1 Å². The van der Waals surface area contributed by atoms with E-state index in [-0.39, 0.29) is 29.1 Å². The van der Waals surface area contributed by atoms with E-state index in [9.17, 15) is 18.0 Å². The number of ether oxygens (including phenoxy) is 2. The molecule has 0 bridgehead atoms. The van der Waals surface area contributed by atoms with Crippen LogP contribution in [0.5, 0.6) is 11.5 Å². The average Bonchev–Trinajstić information content (AvgIpc) is 3.03. The van der Waals surface area contributed by atoms with Gasteiger partial charge in [0.15, 0.2) is 0 Å². The van der Waals surface area contributed by atoms with E-state index in [1.807, 2.05) is 31.2 Å². The van der Waals surface area contributed by atoms with Crippen LogP contribution in [0.4, 0.5) is 5.69 Å². The van der Waals surface area contributed by atoms with Gasteiger partial charge in [-0.1, -0.05) is 61.2 Å². The highest BCUT2D eigenvalue weighted by Gasteiger charge is 2.34. The molecule has 0 saturated heterocycles. The zero-order chi connectivity index (χ0) is 31.0. The van der Waals surface area contributed by atoms with Gasteiger partial charge in [0.25, 0.3) is 10.0 Å². The van der Waals surface area contributed by atoms with Crippen LogP contribution in [0.15, 0.2) is 77.7 Å². The smallest absolute Gasteiger partial charge is 0.264 e. The van der Waals surface area contributed by atoms with Crippen molar-refractivity contribution in [3.8, 4) is 11.5 Å². The number of benzene rings is 3. The molecule has 1 fully saturated rings. The number of anilines is 1. The highest BCUT2D eigenvalue weighted by Crippen LogP contribution is 2.33. The molecule has 1 aliphatic carbocycles. The highest BCUT2D eigenvalue weighted by atomic mass is 32.2. The van der Waals surface area contributed by atoms with Gasteiger partial charge in [0.1, 0.15) is 24.1 Å². The Bertz CT molecular complexity index is 1490. The van der Waals surface area contributed by atoms with E-state index in [1.54, 1.807) is 43.3 Å². The molecule has 3 aromatic rings. The molecule has 0 spiro atoms. The van der Waals surface area contributed by atoms with Crippen molar-refractivity contribution in [3.63, 3.8) is 0 Å². The summed E-state index contributed by atoms with van der Waals surface area (Å²) in [5, 5.41) is 3.12. The minimum atomic E-state index is -4.24. The maximum absolute atomic E-state index is 14.2. The fourth-order valence-corrected chi connectivity index (χ4v) is 6.69. The van der Waals surface area contributed by atoms with Crippen molar-refractivity contribution >= 4 is 27.5 Å². The molecule has 4 rings (SSSR count). The molecule has 9 nitrogen and oxygen atoms in total. The third-order valence-corrected chi connectivity index (χ3v) is 9.65. The number of hydrogen-bond donors (Lipinski definition) is 1. The maximum atomic E-state index is 14.2. The first-order valence-corrected chi connectivity index (χ1v) is 16.0. The van der Waals surface area contributed by atoms with Crippen LogP contribution < -0.4 is 19.1 Å². The lowest BCUT2D eigenvalue weighted by Crippen LogP contribution is -2.53. The summed E-state index contributed by atoms with van der Waals surface area (Å²) in [5.41, 5.74) is 2.11. The molecular formula is C33H41N3O6S. The monoisotopic (exact) mass is 607 g/mol. The summed E-state index contributed by atoms with van der Waals surface area (Å²) < 4.78 is 39.9. The summed E-state index contributed by atoms with van der Waals surface area (Å²) in [6.45, 7) is 3.26. The average molecular weight is 608 g/mol. The number of methoxy groups -OCH3 is 2. The van der Waals surface area contributed by atoms with Crippen LogP contribution >= 0.6 is 0 Å². The van der Waals surface area contributed by atoms with Gasteiger partial charge in [0.05, 0.1) is 24.8 Å². The van der Waals surface area contributed by atoms with E-state index in [1.165, 1.54) is 31.3 Å². The molecule has 1 atom stereocenters. The van der Waals surface area contributed by atoms with Gasteiger partial charge < -0.3 is 19.7 Å². The molecule has 1 aliphatic rings. The van der Waals surface area contributed by atoms with Crippen LogP contribution in [-0.4, -0.2) is 58.0 Å². The highest BCUT2D eigenvalue weighted by molar-refractivity contribution is 7.92. The number of carbonyl (C=O) groups is 2. The van der Waals surface area contributed by atoms with Crippen molar-refractivity contribution in [2.45, 2.75) is 69.5 Å². The molecule has 0 heterocycles. The van der Waals surface area contributed by atoms with E-state index in [2.05, 4.69) is 5.32 Å². The summed E-state index contributed by atoms with van der Waals surface area (Å²) in [6, 6.07) is 19.6. The van der Waals surface area contributed by atoms with Crippen molar-refractivity contribution in [2.24, 2.45) is 0 Å². The van der Waals surface area contributed by atoms with Crippen molar-refractivity contribution in [3.05, 3.63) is 83.9 Å². The van der Waals surface area contributed by atoms with Gasteiger partial charge in [-0.05, 0) is 68.7 Å². The number of rotatable bonds is 12. The zero-order valence-corrected chi connectivity index (χ0v) is 26.1. The topological polar surface area (TPSA) is 105 Å². The molecule has 0 unspecified atom stereocenters. The lowest BCUT2D eigenvalue weighted by atomic mass is 9.95. The molecule has 43 heavy (non-hydrogen) atoms. The molecular weight excluding hydrogens is 566 g/mol. The lowest BCUT2D eigenvalue weighted by Gasteiger charge is -2.33. The van der Waals surface area contributed by atoms with Crippen LogP contribution in [0.3, 0.4) is 0 Å². The fraction of sp³-hybridized carbons (Fsp3) is 0.394. The standard InChI is InChI=1S/C33H41N3O6S/c1-24-14-16-26(17-15-24)22-35(25(2)33(38)34-27-10-6-5-7-11-27)32(37)23-36(30-12-8-9-13-31(30)42-4)43(39,40)29-20-18-28(41-3)19-21-29/h8-9,12-21,25,27H,5-7,10-11,22-23H2,1-4H3,(H,34,38)/t25-/m0/s1. The SMILES string of the molecule is COc1ccc(S(=O)(=O)N(CC(=O)N(Cc2ccc(C)cc2)[C@@H](C)C(=O)NC2CCCCC2)c2ccccc2OC)cc1. The minimum absolute atomic E-state index is 0.0137. The number of hydrogen-bond acceptors (Lipinski definition) is 6. The van der Waals surface area contributed by atoms with E-state index < -0.39 is 28.5 Å². The number of nitrogens with one attached hydrogen (secondary N) is 1. The second-order valence-electron chi connectivity index (χ2n) is 10.9. The number of sulfonamides is 1. The summed E-state index contributed by atoms with van der Waals surface area (Å²) in [6.07, 6.45) is 5.09. The van der Waals surface area contributed by atoms with Crippen LogP contribution in [0.1, 0.15) is 50.2 Å². The third kappa shape index (κ3) is 7.87. The fourth-order valence-electron chi connectivity index (χ4n) is 5.27. The minimum Gasteiger partial charge on any atom is -0.497 e. The molecule has 230 valence electrons. The number of carbonyl (C=O) groups excluding carboxylic acids is 2. The Labute approximate surface area is 254 Å². The Balaban J connectivity index is 1.70. The molecule has 0 aromatic heterocycles. The zero-order valence-electron chi connectivity index (χ0n) is 25.3. The quantitative estimate of drug-likeness (QED) is 0.308. The molecule has 0 radical (unpaired) electrons. The van der Waals surface area contributed by atoms with Crippen molar-refractivity contribution in [1.82, 2.24) is 10.2 Å². The lowest BCUT2D eigenvalue weighted by molar-refractivity contribution is -0.139. The molecule has 1 N–H and O–H groups in total. The van der Waals surface area contributed by atoms with Gasteiger partial charge in [0.2, 0.25) is 11.8 Å². The Morgan fingerprint density at radius 2 is 1.56 bits per heavy atom. The van der Waals surface area contributed by atoms with Gasteiger partial charge >= 0.3 is 0 Å². The predicted molar refractivity (Wildman–Crippen MR) is 167 cm³/mol. The number of nitrogens with zero attached hydrogens (tertiary/aromatic N) is 2. The summed E-state index contributed by atoms with van der Waals surface area (Å²) in [5.74, 6) is 0.0191. The van der Waals surface area contributed by atoms with Gasteiger partial charge in [0, 0.05) is 12.6 Å². The van der Waals surface area contributed by atoms with Gasteiger partial charge in [-0.3, -0.25) is 13.9 Å². The van der Waals surface area contributed by atoms with E-state index in [0.717, 1.165) is 47.5 Å². The predicted octanol–water partition coefficient (Wildman–Crippen LogP) is 5.07. The normalized spacial score (nSPS) is 14.4. The Kier molecular flexibility index (Phi) is 10.7. The molecule has 2 amide bonds. The summed E-state index contributed by atoms with van der Waals surface area (Å²) in [4.78, 5) is 29.1. The first-order chi connectivity index (χ1) is 20.6. The summed E-state index contributed by atoms with van der Waals surface area (Å²) in [7, 11) is -1.30. The molecule has 3 aromatic carbocycles. The molecule has 0 aliphatic heterocycles. The number of amides is 2. The Morgan fingerprint density at radius 1 is 0.907 bits per heavy atom. The van der Waals surface area contributed by atoms with Crippen LogP contribution in [-0.2, 0) is 26.2 Å².